The highest BCUT2D eigenvalue weighted by atomic mass is 16.5. The topological polar surface area (TPSA) is 55.5 Å². The van der Waals surface area contributed by atoms with Gasteiger partial charge in [0.05, 0.1) is 6.20 Å². The van der Waals surface area contributed by atoms with Crippen molar-refractivity contribution in [2.24, 2.45) is 4.99 Å². The molecular formula is C7H8N2O2. The number of carbonyl (C=O) groups excluding carboxylic acids is 1. The number of rotatable bonds is 3. The fraction of sp³-hybridized carbons (Fsp3) is 0.429. The molecule has 0 fully saturated rings. The van der Waals surface area contributed by atoms with E-state index < -0.39 is 0 Å². The highest BCUT2D eigenvalue weighted by Gasteiger charge is 2.04. The Labute approximate surface area is 63.9 Å². The zero-order valence-corrected chi connectivity index (χ0v) is 6.20. The van der Waals surface area contributed by atoms with Gasteiger partial charge in [-0.05, 0) is 6.42 Å². The van der Waals surface area contributed by atoms with Gasteiger partial charge < -0.3 is 4.52 Å². The molecule has 1 aromatic rings. The van der Waals surface area contributed by atoms with Gasteiger partial charge >= 0.3 is 0 Å². The Morgan fingerprint density at radius 3 is 3.27 bits per heavy atom. The Balaban J connectivity index is 2.86. The molecule has 0 bridgehead atoms. The standard InChI is InChI=1S/C7H8N2O2/c1-2-3-7-6(8-5-10)4-9-11-7/h4H,2-3H2,1H3. The molecule has 1 rings (SSSR count). The molecule has 1 heterocycles. The third-order valence-corrected chi connectivity index (χ3v) is 1.27. The Morgan fingerprint density at radius 1 is 1.82 bits per heavy atom. The first-order valence-electron chi connectivity index (χ1n) is 3.40. The molecule has 0 saturated carbocycles. The first-order chi connectivity index (χ1) is 5.38. The quantitative estimate of drug-likeness (QED) is 0.488. The summed E-state index contributed by atoms with van der Waals surface area (Å²) in [5.41, 5.74) is 0.488. The molecule has 0 aromatic carbocycles. The average Bonchev–Trinajstić information content (AvgIpc) is 2.39. The Bertz CT molecular complexity index is 274. The van der Waals surface area contributed by atoms with E-state index in [0.717, 1.165) is 12.8 Å². The van der Waals surface area contributed by atoms with Gasteiger partial charge in [-0.2, -0.15) is 4.99 Å². The maximum atomic E-state index is 9.87. The molecule has 4 heteroatoms. The van der Waals surface area contributed by atoms with Crippen LogP contribution < -0.4 is 0 Å². The zero-order chi connectivity index (χ0) is 8.10. The molecule has 0 saturated heterocycles. The first-order valence-corrected chi connectivity index (χ1v) is 3.40. The lowest BCUT2D eigenvalue weighted by atomic mass is 10.2. The molecule has 58 valence electrons. The maximum Gasteiger partial charge on any atom is 0.240 e. The normalized spacial score (nSPS) is 9.18. The molecule has 0 atom stereocenters. The Morgan fingerprint density at radius 2 is 2.64 bits per heavy atom. The largest absolute Gasteiger partial charge is 0.359 e. The summed E-state index contributed by atoms with van der Waals surface area (Å²) in [6.45, 7) is 2.01. The molecule has 0 spiro atoms. The van der Waals surface area contributed by atoms with E-state index in [2.05, 4.69) is 10.1 Å². The summed E-state index contributed by atoms with van der Waals surface area (Å²) in [5, 5.41) is 3.51. The summed E-state index contributed by atoms with van der Waals surface area (Å²) in [5.74, 6) is 0.649. The first kappa shape index (κ1) is 7.69. The minimum absolute atomic E-state index is 0.488. The van der Waals surface area contributed by atoms with Gasteiger partial charge in [-0.1, -0.05) is 12.1 Å². The minimum Gasteiger partial charge on any atom is -0.359 e. The Kier molecular flexibility index (Phi) is 2.58. The van der Waals surface area contributed by atoms with Gasteiger partial charge in [-0.25, -0.2) is 4.79 Å². The number of aliphatic imine (C=N–C) groups is 1. The van der Waals surface area contributed by atoms with Crippen LogP contribution in [0.3, 0.4) is 0 Å². The minimum atomic E-state index is 0.488. The van der Waals surface area contributed by atoms with E-state index in [-0.39, 0.29) is 0 Å². The predicted octanol–water partition coefficient (Wildman–Crippen LogP) is 1.59. The lowest BCUT2D eigenvalue weighted by Crippen LogP contribution is -1.77. The molecule has 11 heavy (non-hydrogen) atoms. The molecule has 0 amide bonds. The van der Waals surface area contributed by atoms with E-state index in [4.69, 9.17) is 4.52 Å². The van der Waals surface area contributed by atoms with Crippen LogP contribution in [0.4, 0.5) is 5.69 Å². The molecule has 0 N–H and O–H groups in total. The van der Waals surface area contributed by atoms with Gasteiger partial charge in [0, 0.05) is 6.42 Å². The summed E-state index contributed by atoms with van der Waals surface area (Å²) in [6, 6.07) is 0. The third kappa shape index (κ3) is 1.75. The van der Waals surface area contributed by atoms with Crippen LogP contribution in [0.1, 0.15) is 19.1 Å². The lowest BCUT2D eigenvalue weighted by molar-refractivity contribution is 0.382. The monoisotopic (exact) mass is 152 g/mol. The lowest BCUT2D eigenvalue weighted by Gasteiger charge is -1.88. The van der Waals surface area contributed by atoms with Crippen LogP contribution in [-0.2, 0) is 11.2 Å². The second kappa shape index (κ2) is 3.68. The summed E-state index contributed by atoms with van der Waals surface area (Å²) in [6.07, 6.45) is 4.55. The highest BCUT2D eigenvalue weighted by molar-refractivity contribution is 5.49. The van der Waals surface area contributed by atoms with Crippen LogP contribution in [0.2, 0.25) is 0 Å². The van der Waals surface area contributed by atoms with Crippen LogP contribution in [0.5, 0.6) is 0 Å². The highest BCUT2D eigenvalue weighted by Crippen LogP contribution is 2.18. The number of isocyanates is 1. The van der Waals surface area contributed by atoms with E-state index in [1.165, 1.54) is 12.3 Å². The van der Waals surface area contributed by atoms with Crippen LogP contribution in [0.25, 0.3) is 0 Å². The fourth-order valence-electron chi connectivity index (χ4n) is 0.800. The SMILES string of the molecule is CCCc1oncc1N=C=O. The number of aromatic nitrogens is 1. The number of aryl methyl sites for hydroxylation is 1. The molecule has 0 aliphatic carbocycles. The molecule has 0 radical (unpaired) electrons. The van der Waals surface area contributed by atoms with Crippen LogP contribution >= 0.6 is 0 Å². The summed E-state index contributed by atoms with van der Waals surface area (Å²) in [4.78, 5) is 13.3. The van der Waals surface area contributed by atoms with E-state index in [1.54, 1.807) is 0 Å². The Hall–Kier alpha value is -1.41. The molecule has 0 unspecified atom stereocenters. The van der Waals surface area contributed by atoms with Gasteiger partial charge in [0.15, 0.2) is 5.76 Å². The molecule has 0 aliphatic heterocycles. The van der Waals surface area contributed by atoms with Gasteiger partial charge in [-0.3, -0.25) is 0 Å². The molecule has 1 aromatic heterocycles. The van der Waals surface area contributed by atoms with E-state index >= 15 is 0 Å². The van der Waals surface area contributed by atoms with E-state index in [1.807, 2.05) is 6.92 Å². The van der Waals surface area contributed by atoms with E-state index in [9.17, 15) is 4.79 Å². The summed E-state index contributed by atoms with van der Waals surface area (Å²) < 4.78 is 4.83. The molecule has 0 aliphatic rings. The average molecular weight is 152 g/mol. The van der Waals surface area contributed by atoms with E-state index in [0.29, 0.717) is 11.4 Å². The second-order valence-electron chi connectivity index (χ2n) is 2.09. The van der Waals surface area contributed by atoms with Crippen LogP contribution in [0.15, 0.2) is 15.7 Å². The van der Waals surface area contributed by atoms with Crippen LogP contribution in [0, 0.1) is 0 Å². The number of hydrogen-bond donors (Lipinski definition) is 0. The van der Waals surface area contributed by atoms with Crippen molar-refractivity contribution in [2.45, 2.75) is 19.8 Å². The smallest absolute Gasteiger partial charge is 0.240 e. The number of nitrogens with zero attached hydrogens (tertiary/aromatic N) is 2. The molecular weight excluding hydrogens is 144 g/mol. The van der Waals surface area contributed by atoms with Crippen molar-refractivity contribution in [3.05, 3.63) is 12.0 Å². The molecule has 4 nitrogen and oxygen atoms in total. The van der Waals surface area contributed by atoms with Crippen molar-refractivity contribution in [3.63, 3.8) is 0 Å². The summed E-state index contributed by atoms with van der Waals surface area (Å²) in [7, 11) is 0. The third-order valence-electron chi connectivity index (χ3n) is 1.27. The van der Waals surface area contributed by atoms with Crippen molar-refractivity contribution in [3.8, 4) is 0 Å². The van der Waals surface area contributed by atoms with Crippen molar-refractivity contribution in [1.29, 1.82) is 0 Å². The van der Waals surface area contributed by atoms with Gasteiger partial charge in [0.1, 0.15) is 5.69 Å². The van der Waals surface area contributed by atoms with Gasteiger partial charge in [-0.15, -0.1) is 0 Å². The fourth-order valence-corrected chi connectivity index (χ4v) is 0.800. The summed E-state index contributed by atoms with van der Waals surface area (Å²) >= 11 is 0. The zero-order valence-electron chi connectivity index (χ0n) is 6.20. The van der Waals surface area contributed by atoms with Crippen LogP contribution in [-0.4, -0.2) is 11.2 Å². The number of hydrogen-bond acceptors (Lipinski definition) is 4. The van der Waals surface area contributed by atoms with Crippen molar-refractivity contribution in [2.75, 3.05) is 0 Å². The van der Waals surface area contributed by atoms with Gasteiger partial charge in [0.2, 0.25) is 6.08 Å². The van der Waals surface area contributed by atoms with Crippen molar-refractivity contribution >= 4 is 11.8 Å². The van der Waals surface area contributed by atoms with Crippen molar-refractivity contribution in [1.82, 2.24) is 5.16 Å². The van der Waals surface area contributed by atoms with Crippen molar-refractivity contribution < 1.29 is 9.32 Å². The maximum absolute atomic E-state index is 9.87. The van der Waals surface area contributed by atoms with Gasteiger partial charge in [0.25, 0.3) is 0 Å². The predicted molar refractivity (Wildman–Crippen MR) is 38.3 cm³/mol. The second-order valence-corrected chi connectivity index (χ2v) is 2.09.